The summed E-state index contributed by atoms with van der Waals surface area (Å²) in [6, 6.07) is 13.3. The number of hydrogen-bond donors (Lipinski definition) is 2. The van der Waals surface area contributed by atoms with Crippen LogP contribution in [0.1, 0.15) is 32.6 Å². The lowest BCUT2D eigenvalue weighted by molar-refractivity contribution is 0.0695. The molecule has 0 saturated carbocycles. The van der Waals surface area contributed by atoms with E-state index in [1.54, 1.807) is 38.1 Å². The third kappa shape index (κ3) is 5.94. The molecule has 0 aliphatic heterocycles. The summed E-state index contributed by atoms with van der Waals surface area (Å²) < 4.78 is 60.1. The van der Waals surface area contributed by atoms with Crippen molar-refractivity contribution in [3.8, 4) is 5.75 Å². The lowest BCUT2D eigenvalue weighted by atomic mass is 10.0. The summed E-state index contributed by atoms with van der Waals surface area (Å²) in [4.78, 5) is 11.3. The van der Waals surface area contributed by atoms with Gasteiger partial charge in [-0.2, -0.15) is 0 Å². The van der Waals surface area contributed by atoms with Gasteiger partial charge in [-0.1, -0.05) is 24.3 Å². The number of carbonyl (C=O) groups is 1. The molecule has 0 bridgehead atoms. The molecule has 0 aromatic heterocycles. The highest BCUT2D eigenvalue weighted by Gasteiger charge is 2.19. The first-order chi connectivity index (χ1) is 15.6. The maximum Gasteiger partial charge on any atom is 0.336 e. The topological polar surface area (TPSA) is 92.7 Å². The van der Waals surface area contributed by atoms with Crippen molar-refractivity contribution in [2.45, 2.75) is 31.8 Å². The highest BCUT2D eigenvalue weighted by Crippen LogP contribution is 2.21. The number of sulfonamides is 1. The zero-order chi connectivity index (χ0) is 24.2. The molecule has 0 aliphatic carbocycles. The van der Waals surface area contributed by atoms with Crippen LogP contribution < -0.4 is 9.46 Å². The van der Waals surface area contributed by atoms with Gasteiger partial charge < -0.3 is 9.84 Å². The smallest absolute Gasteiger partial charge is 0.336 e. The van der Waals surface area contributed by atoms with Crippen molar-refractivity contribution in [2.75, 3.05) is 6.54 Å². The Bertz CT molecular complexity index is 1270. The van der Waals surface area contributed by atoms with Gasteiger partial charge >= 0.3 is 5.97 Å². The predicted octanol–water partition coefficient (Wildman–Crippen LogP) is 4.38. The van der Waals surface area contributed by atoms with Gasteiger partial charge in [0.15, 0.2) is 11.6 Å². The highest BCUT2D eigenvalue weighted by atomic mass is 32.2. The van der Waals surface area contributed by atoms with Gasteiger partial charge in [0.2, 0.25) is 10.0 Å². The number of aromatic carboxylic acids is 1. The Labute approximate surface area is 190 Å². The number of halogens is 2. The molecule has 33 heavy (non-hydrogen) atoms. The van der Waals surface area contributed by atoms with E-state index >= 15 is 0 Å². The van der Waals surface area contributed by atoms with E-state index in [-0.39, 0.29) is 29.2 Å². The van der Waals surface area contributed by atoms with Gasteiger partial charge in [-0.05, 0) is 67.3 Å². The number of rotatable bonds is 9. The monoisotopic (exact) mass is 475 g/mol. The predicted molar refractivity (Wildman–Crippen MR) is 119 cm³/mol. The zero-order valence-electron chi connectivity index (χ0n) is 18.1. The van der Waals surface area contributed by atoms with Crippen LogP contribution >= 0.6 is 0 Å². The Morgan fingerprint density at radius 2 is 1.76 bits per heavy atom. The summed E-state index contributed by atoms with van der Waals surface area (Å²) in [7, 11) is -3.88. The van der Waals surface area contributed by atoms with E-state index < -0.39 is 27.6 Å². The van der Waals surface area contributed by atoms with E-state index in [1.165, 1.54) is 18.2 Å². The van der Waals surface area contributed by atoms with Crippen LogP contribution in [0.5, 0.6) is 5.75 Å². The molecule has 0 saturated heterocycles. The Hall–Kier alpha value is -3.30. The van der Waals surface area contributed by atoms with Crippen molar-refractivity contribution in [1.82, 2.24) is 4.72 Å². The number of aryl methyl sites for hydroxylation is 1. The zero-order valence-corrected chi connectivity index (χ0v) is 18.9. The average Bonchev–Trinajstić information content (AvgIpc) is 2.77. The fraction of sp³-hybridized carbons (Fsp3) is 0.208. The molecule has 3 aromatic carbocycles. The van der Waals surface area contributed by atoms with E-state index in [1.807, 2.05) is 0 Å². The van der Waals surface area contributed by atoms with Crippen LogP contribution in [0, 0.1) is 25.5 Å². The van der Waals surface area contributed by atoms with Gasteiger partial charge in [0.1, 0.15) is 12.4 Å². The SMILES string of the molecule is Cc1cc(S(=O)(=O)NCCc2ccc(OCc3cccc(F)c3F)cc2)cc(C(=O)O)c1C. The fourth-order valence-electron chi connectivity index (χ4n) is 3.19. The molecule has 3 rings (SSSR count). The highest BCUT2D eigenvalue weighted by molar-refractivity contribution is 7.89. The maximum atomic E-state index is 13.7. The van der Waals surface area contributed by atoms with Gasteiger partial charge in [-0.25, -0.2) is 26.7 Å². The van der Waals surface area contributed by atoms with Crippen molar-refractivity contribution < 1.29 is 31.8 Å². The molecule has 0 radical (unpaired) electrons. The van der Waals surface area contributed by atoms with Gasteiger partial charge in [0.25, 0.3) is 0 Å². The van der Waals surface area contributed by atoms with E-state index in [0.717, 1.165) is 17.7 Å². The average molecular weight is 476 g/mol. The van der Waals surface area contributed by atoms with Crippen LogP contribution in [0.15, 0.2) is 59.5 Å². The Morgan fingerprint density at radius 3 is 2.42 bits per heavy atom. The lowest BCUT2D eigenvalue weighted by Crippen LogP contribution is -2.26. The van der Waals surface area contributed by atoms with Crippen LogP contribution in [0.4, 0.5) is 8.78 Å². The molecule has 2 N–H and O–H groups in total. The van der Waals surface area contributed by atoms with E-state index in [4.69, 9.17) is 4.74 Å². The Balaban J connectivity index is 1.58. The van der Waals surface area contributed by atoms with Crippen molar-refractivity contribution in [2.24, 2.45) is 0 Å². The molecule has 0 aliphatic rings. The van der Waals surface area contributed by atoms with Crippen LogP contribution in [-0.2, 0) is 23.1 Å². The summed E-state index contributed by atoms with van der Waals surface area (Å²) in [6.07, 6.45) is 0.384. The molecular weight excluding hydrogens is 452 g/mol. The van der Waals surface area contributed by atoms with Crippen molar-refractivity contribution in [1.29, 1.82) is 0 Å². The van der Waals surface area contributed by atoms with Gasteiger partial charge in [-0.15, -0.1) is 0 Å². The third-order valence-electron chi connectivity index (χ3n) is 5.24. The number of carboxylic acids is 1. The molecule has 174 valence electrons. The first-order valence-corrected chi connectivity index (χ1v) is 11.6. The molecule has 0 unspecified atom stereocenters. The van der Waals surface area contributed by atoms with Crippen LogP contribution in [0.2, 0.25) is 0 Å². The van der Waals surface area contributed by atoms with Gasteiger partial charge in [0, 0.05) is 12.1 Å². The normalized spacial score (nSPS) is 11.4. The second-order valence-corrected chi connectivity index (χ2v) is 9.28. The lowest BCUT2D eigenvalue weighted by Gasteiger charge is -2.11. The maximum absolute atomic E-state index is 13.7. The molecule has 0 amide bonds. The van der Waals surface area contributed by atoms with E-state index in [9.17, 15) is 27.1 Å². The quantitative estimate of drug-likeness (QED) is 0.479. The fourth-order valence-corrected chi connectivity index (χ4v) is 4.33. The molecule has 9 heteroatoms. The number of hydrogen-bond acceptors (Lipinski definition) is 4. The van der Waals surface area contributed by atoms with Crippen molar-refractivity contribution in [3.05, 3.63) is 94.0 Å². The third-order valence-corrected chi connectivity index (χ3v) is 6.68. The largest absolute Gasteiger partial charge is 0.489 e. The van der Waals surface area contributed by atoms with E-state index in [2.05, 4.69) is 4.72 Å². The number of carboxylic acid groups (broad SMARTS) is 1. The minimum absolute atomic E-state index is 0.0518. The molecule has 0 fully saturated rings. The number of nitrogens with one attached hydrogen (secondary N) is 1. The van der Waals surface area contributed by atoms with Gasteiger partial charge in [-0.3, -0.25) is 0 Å². The van der Waals surface area contributed by atoms with E-state index in [0.29, 0.717) is 23.3 Å². The first kappa shape index (κ1) is 24.3. The summed E-state index contributed by atoms with van der Waals surface area (Å²) in [5.41, 5.74) is 1.97. The molecule has 6 nitrogen and oxygen atoms in total. The van der Waals surface area contributed by atoms with Gasteiger partial charge in [0.05, 0.1) is 10.5 Å². The number of ether oxygens (including phenoxy) is 1. The Morgan fingerprint density at radius 1 is 1.06 bits per heavy atom. The molecule has 3 aromatic rings. The minimum atomic E-state index is -3.88. The standard InChI is InChI=1S/C24H23F2NO5S/c1-15-12-20(13-21(16(15)2)24(28)29)33(30,31)27-11-10-17-6-8-19(9-7-17)32-14-18-4-3-5-22(25)23(18)26/h3-9,12-13,27H,10-11,14H2,1-2H3,(H,28,29). The minimum Gasteiger partial charge on any atom is -0.489 e. The van der Waals surface area contributed by atoms with Crippen molar-refractivity contribution >= 4 is 16.0 Å². The summed E-state index contributed by atoms with van der Waals surface area (Å²) in [6.45, 7) is 3.27. The molecule has 0 heterocycles. The summed E-state index contributed by atoms with van der Waals surface area (Å²) >= 11 is 0. The second kappa shape index (κ2) is 10.1. The number of benzene rings is 3. The summed E-state index contributed by atoms with van der Waals surface area (Å²) in [5.74, 6) is -2.61. The molecule has 0 atom stereocenters. The second-order valence-electron chi connectivity index (χ2n) is 7.51. The Kier molecular flexibility index (Phi) is 7.45. The summed E-state index contributed by atoms with van der Waals surface area (Å²) in [5, 5.41) is 9.30. The van der Waals surface area contributed by atoms with Crippen molar-refractivity contribution in [3.63, 3.8) is 0 Å². The van der Waals surface area contributed by atoms with Crippen LogP contribution in [-0.4, -0.2) is 26.0 Å². The first-order valence-electron chi connectivity index (χ1n) is 10.1. The molecular formula is C24H23F2NO5S. The van der Waals surface area contributed by atoms with Crippen LogP contribution in [0.25, 0.3) is 0 Å². The van der Waals surface area contributed by atoms with Crippen LogP contribution in [0.3, 0.4) is 0 Å². The molecule has 0 spiro atoms.